The van der Waals surface area contributed by atoms with E-state index in [4.69, 9.17) is 10.6 Å². The Balaban J connectivity index is 2.24. The molecule has 0 unspecified atom stereocenters. The quantitative estimate of drug-likeness (QED) is 0.610. The van der Waals surface area contributed by atoms with Gasteiger partial charge in [-0.1, -0.05) is 24.3 Å². The maximum absolute atomic E-state index is 5.64. The van der Waals surface area contributed by atoms with Crippen LogP contribution in [-0.4, -0.2) is 7.11 Å². The fourth-order valence-corrected chi connectivity index (χ4v) is 1.52. The normalized spacial score (nSPS) is 10.1. The Kier molecular flexibility index (Phi) is 3.08. The fourth-order valence-electron chi connectivity index (χ4n) is 1.52. The van der Waals surface area contributed by atoms with Crippen LogP contribution in [-0.2, 0) is 4.84 Å². The van der Waals surface area contributed by atoms with Crippen LogP contribution in [0.25, 0.3) is 11.1 Å². The Morgan fingerprint density at radius 1 is 0.875 bits per heavy atom. The first-order chi connectivity index (χ1) is 7.79. The molecule has 0 aromatic heterocycles. The van der Waals surface area contributed by atoms with E-state index in [9.17, 15) is 0 Å². The summed E-state index contributed by atoms with van der Waals surface area (Å²) in [7, 11) is 1.59. The van der Waals surface area contributed by atoms with Gasteiger partial charge in [0.2, 0.25) is 0 Å². The van der Waals surface area contributed by atoms with Crippen LogP contribution in [0.4, 0.5) is 11.4 Å². The molecule has 2 aromatic rings. The Morgan fingerprint density at radius 2 is 1.38 bits per heavy atom. The van der Waals surface area contributed by atoms with Gasteiger partial charge in [0.25, 0.3) is 0 Å². The lowest BCUT2D eigenvalue weighted by molar-refractivity contribution is 0.271. The first-order valence-electron chi connectivity index (χ1n) is 5.04. The molecule has 82 valence electrons. The molecule has 0 amide bonds. The van der Waals surface area contributed by atoms with E-state index in [1.165, 1.54) is 0 Å². The van der Waals surface area contributed by atoms with E-state index in [0.717, 1.165) is 22.5 Å². The summed E-state index contributed by atoms with van der Waals surface area (Å²) in [6, 6.07) is 15.8. The molecule has 0 aliphatic carbocycles. The molecular formula is C13H14N2O. The molecule has 0 spiro atoms. The molecule has 16 heavy (non-hydrogen) atoms. The minimum atomic E-state index is 0.779. The van der Waals surface area contributed by atoms with Crippen LogP contribution in [0.15, 0.2) is 48.5 Å². The third-order valence-electron chi connectivity index (χ3n) is 2.35. The largest absolute Gasteiger partial charge is 0.399 e. The molecule has 0 saturated carbocycles. The highest BCUT2D eigenvalue weighted by Gasteiger charge is 1.97. The Morgan fingerprint density at radius 3 is 1.88 bits per heavy atom. The zero-order valence-corrected chi connectivity index (χ0v) is 9.10. The lowest BCUT2D eigenvalue weighted by Crippen LogP contribution is -1.94. The standard InChI is InChI=1S/C13H14N2O/c1-16-15-13-8-4-11(5-9-13)10-2-6-12(14)7-3-10/h2-9,15H,14H2,1H3. The first kappa shape index (κ1) is 10.5. The van der Waals surface area contributed by atoms with Crippen molar-refractivity contribution in [1.29, 1.82) is 0 Å². The molecule has 0 bridgehead atoms. The van der Waals surface area contributed by atoms with Crippen LogP contribution in [0.5, 0.6) is 0 Å². The second-order valence-electron chi connectivity index (χ2n) is 3.51. The van der Waals surface area contributed by atoms with E-state index in [1.54, 1.807) is 7.11 Å². The van der Waals surface area contributed by atoms with Crippen molar-refractivity contribution < 1.29 is 4.84 Å². The van der Waals surface area contributed by atoms with E-state index in [1.807, 2.05) is 48.5 Å². The van der Waals surface area contributed by atoms with Crippen molar-refractivity contribution in [2.24, 2.45) is 0 Å². The third kappa shape index (κ3) is 2.32. The zero-order chi connectivity index (χ0) is 11.4. The van der Waals surface area contributed by atoms with Gasteiger partial charge in [0.05, 0.1) is 12.8 Å². The van der Waals surface area contributed by atoms with Crippen LogP contribution in [0.1, 0.15) is 0 Å². The van der Waals surface area contributed by atoms with Gasteiger partial charge in [0.15, 0.2) is 0 Å². The number of hydrogen-bond acceptors (Lipinski definition) is 3. The maximum Gasteiger partial charge on any atom is 0.0636 e. The van der Waals surface area contributed by atoms with Crippen LogP contribution in [0.2, 0.25) is 0 Å². The Labute approximate surface area is 94.8 Å². The van der Waals surface area contributed by atoms with Gasteiger partial charge >= 0.3 is 0 Å². The zero-order valence-electron chi connectivity index (χ0n) is 9.10. The van der Waals surface area contributed by atoms with Gasteiger partial charge in [-0.2, -0.15) is 0 Å². The molecule has 0 fully saturated rings. The van der Waals surface area contributed by atoms with Gasteiger partial charge in [-0.15, -0.1) is 0 Å². The summed E-state index contributed by atoms with van der Waals surface area (Å²) < 4.78 is 0. The highest BCUT2D eigenvalue weighted by molar-refractivity contribution is 5.67. The van der Waals surface area contributed by atoms with Crippen molar-refractivity contribution in [2.45, 2.75) is 0 Å². The summed E-state index contributed by atoms with van der Waals surface area (Å²) in [6.45, 7) is 0. The molecule has 3 N–H and O–H groups in total. The van der Waals surface area contributed by atoms with Gasteiger partial charge < -0.3 is 5.73 Å². The lowest BCUT2D eigenvalue weighted by atomic mass is 10.1. The average Bonchev–Trinajstić information content (AvgIpc) is 2.32. The van der Waals surface area contributed by atoms with Crippen molar-refractivity contribution in [3.63, 3.8) is 0 Å². The molecular weight excluding hydrogens is 200 g/mol. The monoisotopic (exact) mass is 214 g/mol. The number of nitrogen functional groups attached to an aromatic ring is 1. The summed E-state index contributed by atoms with van der Waals surface area (Å²) in [5, 5.41) is 0. The third-order valence-corrected chi connectivity index (χ3v) is 2.35. The average molecular weight is 214 g/mol. The lowest BCUT2D eigenvalue weighted by Gasteiger charge is -2.05. The van der Waals surface area contributed by atoms with E-state index in [0.29, 0.717) is 0 Å². The van der Waals surface area contributed by atoms with Crippen molar-refractivity contribution >= 4 is 11.4 Å². The number of nitrogens with one attached hydrogen (secondary N) is 1. The van der Waals surface area contributed by atoms with Gasteiger partial charge in [-0.25, -0.2) is 0 Å². The minimum Gasteiger partial charge on any atom is -0.399 e. The second kappa shape index (κ2) is 4.68. The smallest absolute Gasteiger partial charge is 0.0636 e. The molecule has 0 saturated heterocycles. The summed E-state index contributed by atoms with van der Waals surface area (Å²) in [5.41, 5.74) is 12.4. The summed E-state index contributed by atoms with van der Waals surface area (Å²) >= 11 is 0. The molecule has 0 radical (unpaired) electrons. The topological polar surface area (TPSA) is 47.3 Å². The van der Waals surface area contributed by atoms with E-state index in [2.05, 4.69) is 5.48 Å². The van der Waals surface area contributed by atoms with Gasteiger partial charge in [-0.3, -0.25) is 10.3 Å². The number of hydrogen-bond donors (Lipinski definition) is 2. The van der Waals surface area contributed by atoms with E-state index >= 15 is 0 Å². The van der Waals surface area contributed by atoms with Crippen LogP contribution in [0, 0.1) is 0 Å². The Bertz CT molecular complexity index is 448. The van der Waals surface area contributed by atoms with Gasteiger partial charge in [0.1, 0.15) is 0 Å². The highest BCUT2D eigenvalue weighted by Crippen LogP contribution is 2.22. The maximum atomic E-state index is 5.64. The minimum absolute atomic E-state index is 0.779. The SMILES string of the molecule is CONc1ccc(-c2ccc(N)cc2)cc1. The molecule has 0 aliphatic heterocycles. The summed E-state index contributed by atoms with van der Waals surface area (Å²) in [4.78, 5) is 4.82. The van der Waals surface area contributed by atoms with Crippen LogP contribution in [0.3, 0.4) is 0 Å². The number of anilines is 2. The molecule has 2 rings (SSSR count). The highest BCUT2D eigenvalue weighted by atomic mass is 16.6. The van der Waals surface area contributed by atoms with Crippen molar-refractivity contribution in [3.05, 3.63) is 48.5 Å². The molecule has 3 heteroatoms. The van der Waals surface area contributed by atoms with Gasteiger partial charge in [-0.05, 0) is 35.4 Å². The Hall–Kier alpha value is -2.00. The van der Waals surface area contributed by atoms with Crippen molar-refractivity contribution in [3.8, 4) is 11.1 Å². The predicted molar refractivity (Wildman–Crippen MR) is 66.9 cm³/mol. The van der Waals surface area contributed by atoms with Crippen LogP contribution >= 0.6 is 0 Å². The predicted octanol–water partition coefficient (Wildman–Crippen LogP) is 2.91. The molecule has 0 atom stereocenters. The molecule has 2 aromatic carbocycles. The number of benzene rings is 2. The van der Waals surface area contributed by atoms with Crippen LogP contribution < -0.4 is 11.2 Å². The number of nitrogens with two attached hydrogens (primary N) is 1. The first-order valence-corrected chi connectivity index (χ1v) is 5.04. The molecule has 0 aliphatic rings. The number of rotatable bonds is 3. The molecule has 0 heterocycles. The molecule has 3 nitrogen and oxygen atoms in total. The second-order valence-corrected chi connectivity index (χ2v) is 3.51. The fraction of sp³-hybridized carbons (Fsp3) is 0.0769. The van der Waals surface area contributed by atoms with Crippen molar-refractivity contribution in [1.82, 2.24) is 0 Å². The summed E-state index contributed by atoms with van der Waals surface area (Å²) in [5.74, 6) is 0. The summed E-state index contributed by atoms with van der Waals surface area (Å²) in [6.07, 6.45) is 0. The van der Waals surface area contributed by atoms with Gasteiger partial charge in [0, 0.05) is 5.69 Å². The van der Waals surface area contributed by atoms with Crippen molar-refractivity contribution in [2.75, 3.05) is 18.3 Å². The van der Waals surface area contributed by atoms with E-state index < -0.39 is 0 Å². The van der Waals surface area contributed by atoms with E-state index in [-0.39, 0.29) is 0 Å².